The number of carbonyl (C=O) groups excluding carboxylic acids is 2. The van der Waals surface area contributed by atoms with E-state index in [9.17, 15) is 9.59 Å². The second-order valence-corrected chi connectivity index (χ2v) is 7.35. The van der Waals surface area contributed by atoms with Gasteiger partial charge in [-0.05, 0) is 32.4 Å². The molecule has 3 aromatic rings. The summed E-state index contributed by atoms with van der Waals surface area (Å²) in [6, 6.07) is 13.1. The van der Waals surface area contributed by atoms with Crippen molar-refractivity contribution in [3.05, 3.63) is 59.8 Å². The van der Waals surface area contributed by atoms with Gasteiger partial charge in [0, 0.05) is 23.2 Å². The molecule has 0 saturated carbocycles. The van der Waals surface area contributed by atoms with Gasteiger partial charge in [0.25, 0.3) is 0 Å². The minimum absolute atomic E-state index is 0.344. The molecule has 0 spiro atoms. The van der Waals surface area contributed by atoms with E-state index < -0.39 is 11.7 Å². The molecule has 1 aromatic heterocycles. The Bertz CT molecular complexity index is 999. The van der Waals surface area contributed by atoms with Crippen molar-refractivity contribution in [2.24, 2.45) is 0 Å². The van der Waals surface area contributed by atoms with Gasteiger partial charge >= 0.3 is 6.09 Å². The molecule has 0 N–H and O–H groups in total. The molecule has 28 heavy (non-hydrogen) atoms. The molecule has 0 aliphatic carbocycles. The van der Waals surface area contributed by atoms with Crippen LogP contribution in [0.2, 0.25) is 0 Å². The topological polar surface area (TPSA) is 66.8 Å². The number of fused-ring (bicyclic) bond motifs is 1. The quantitative estimate of drug-likeness (QED) is 0.593. The zero-order chi connectivity index (χ0) is 20.3. The van der Waals surface area contributed by atoms with Crippen molar-refractivity contribution in [2.45, 2.75) is 33.0 Å². The lowest BCUT2D eigenvalue weighted by atomic mass is 10.1. The maximum Gasteiger partial charge on any atom is 0.419 e. The fourth-order valence-electron chi connectivity index (χ4n) is 2.82. The van der Waals surface area contributed by atoms with E-state index in [2.05, 4.69) is 0 Å². The molecule has 0 bridgehead atoms. The first-order chi connectivity index (χ1) is 13.3. The third-order valence-electron chi connectivity index (χ3n) is 4.08. The molecule has 146 valence electrons. The second-order valence-electron chi connectivity index (χ2n) is 7.35. The van der Waals surface area contributed by atoms with Crippen LogP contribution in [0, 0.1) is 0 Å². The van der Waals surface area contributed by atoms with Gasteiger partial charge in [0.1, 0.15) is 12.2 Å². The normalized spacial score (nSPS) is 11.3. The highest BCUT2D eigenvalue weighted by Gasteiger charge is 2.22. The summed E-state index contributed by atoms with van der Waals surface area (Å²) in [4.78, 5) is 24.1. The van der Waals surface area contributed by atoms with Gasteiger partial charge in [-0.1, -0.05) is 30.3 Å². The van der Waals surface area contributed by atoms with E-state index in [0.717, 1.165) is 5.56 Å². The molecule has 6 heteroatoms. The highest BCUT2D eigenvalue weighted by atomic mass is 16.6. The summed E-state index contributed by atoms with van der Waals surface area (Å²) in [5.41, 5.74) is 1.23. The summed E-state index contributed by atoms with van der Waals surface area (Å²) >= 11 is 0. The van der Waals surface area contributed by atoms with Gasteiger partial charge in [-0.25, -0.2) is 4.79 Å². The molecule has 2 aromatic carbocycles. The number of aldehydes is 1. The molecule has 0 saturated heterocycles. The maximum atomic E-state index is 12.6. The van der Waals surface area contributed by atoms with E-state index in [-0.39, 0.29) is 0 Å². The molecule has 0 unspecified atom stereocenters. The van der Waals surface area contributed by atoms with Crippen molar-refractivity contribution in [2.75, 3.05) is 7.11 Å². The summed E-state index contributed by atoms with van der Waals surface area (Å²) in [5, 5.41) is 0.588. The van der Waals surface area contributed by atoms with E-state index in [1.54, 1.807) is 32.9 Å². The van der Waals surface area contributed by atoms with Crippen molar-refractivity contribution < 1.29 is 23.8 Å². The van der Waals surface area contributed by atoms with Crippen LogP contribution >= 0.6 is 0 Å². The number of hydrogen-bond acceptors (Lipinski definition) is 5. The predicted octanol–water partition coefficient (Wildman–Crippen LogP) is 4.82. The number of hydrogen-bond donors (Lipinski definition) is 0. The van der Waals surface area contributed by atoms with Crippen molar-refractivity contribution in [1.82, 2.24) is 4.57 Å². The number of benzene rings is 2. The van der Waals surface area contributed by atoms with Crippen LogP contribution in [0.4, 0.5) is 4.79 Å². The Morgan fingerprint density at radius 3 is 2.43 bits per heavy atom. The highest BCUT2D eigenvalue weighted by molar-refractivity contribution is 6.02. The van der Waals surface area contributed by atoms with Crippen LogP contribution in [-0.2, 0) is 11.3 Å². The van der Waals surface area contributed by atoms with E-state index in [1.165, 1.54) is 17.9 Å². The van der Waals surface area contributed by atoms with Gasteiger partial charge in [0.15, 0.2) is 17.8 Å². The molecule has 0 atom stereocenters. The summed E-state index contributed by atoms with van der Waals surface area (Å²) in [5.74, 6) is 0.952. The molecular weight excluding hydrogens is 358 g/mol. The van der Waals surface area contributed by atoms with Crippen molar-refractivity contribution in [3.63, 3.8) is 0 Å². The fourth-order valence-corrected chi connectivity index (χ4v) is 2.82. The largest absolute Gasteiger partial charge is 0.493 e. The third kappa shape index (κ3) is 4.17. The fraction of sp³-hybridized carbons (Fsp3) is 0.273. The van der Waals surface area contributed by atoms with Crippen LogP contribution in [0.3, 0.4) is 0 Å². The number of nitrogens with zero attached hydrogens (tertiary/aromatic N) is 1. The zero-order valence-electron chi connectivity index (χ0n) is 16.4. The number of rotatable bonds is 5. The number of aromatic nitrogens is 1. The lowest BCUT2D eigenvalue weighted by molar-refractivity contribution is 0.0544. The summed E-state index contributed by atoms with van der Waals surface area (Å²) < 4.78 is 18.1. The van der Waals surface area contributed by atoms with Crippen LogP contribution < -0.4 is 9.47 Å². The lowest BCUT2D eigenvalue weighted by Gasteiger charge is -2.20. The monoisotopic (exact) mass is 381 g/mol. The average molecular weight is 381 g/mol. The molecule has 1 heterocycles. The van der Waals surface area contributed by atoms with Gasteiger partial charge in [0.2, 0.25) is 0 Å². The molecule has 0 fully saturated rings. The van der Waals surface area contributed by atoms with Crippen LogP contribution in [0.1, 0.15) is 36.7 Å². The summed E-state index contributed by atoms with van der Waals surface area (Å²) in [6.07, 6.45) is 1.60. The van der Waals surface area contributed by atoms with E-state index in [1.807, 2.05) is 30.3 Å². The highest BCUT2D eigenvalue weighted by Crippen LogP contribution is 2.35. The summed E-state index contributed by atoms with van der Waals surface area (Å²) in [7, 11) is 1.53. The molecule has 0 aliphatic rings. The molecule has 0 aliphatic heterocycles. The standard InChI is InChI=1S/C22H23NO5/c1-22(2,3)28-21(25)23-12-16(13-24)17-10-19(26-4)20(11-18(17)23)27-14-15-8-6-5-7-9-15/h5-13H,14H2,1-4H3. The number of carbonyl (C=O) groups is 2. The van der Waals surface area contributed by atoms with Crippen LogP contribution in [0.25, 0.3) is 10.9 Å². The third-order valence-corrected chi connectivity index (χ3v) is 4.08. The Kier molecular flexibility index (Phi) is 5.40. The van der Waals surface area contributed by atoms with Crippen LogP contribution in [-0.4, -0.2) is 29.7 Å². The molecule has 0 radical (unpaired) electrons. The average Bonchev–Trinajstić information content (AvgIpc) is 3.02. The Labute approximate surface area is 163 Å². The van der Waals surface area contributed by atoms with Gasteiger partial charge < -0.3 is 14.2 Å². The van der Waals surface area contributed by atoms with Crippen LogP contribution in [0.5, 0.6) is 11.5 Å². The van der Waals surface area contributed by atoms with Gasteiger partial charge in [-0.3, -0.25) is 9.36 Å². The van der Waals surface area contributed by atoms with Gasteiger partial charge in [-0.15, -0.1) is 0 Å². The lowest BCUT2D eigenvalue weighted by Crippen LogP contribution is -2.26. The molecule has 6 nitrogen and oxygen atoms in total. The minimum Gasteiger partial charge on any atom is -0.493 e. The molecule has 3 rings (SSSR count). The second kappa shape index (κ2) is 7.76. The SMILES string of the molecule is COc1cc2c(C=O)cn(C(=O)OC(C)(C)C)c2cc1OCc1ccccc1. The Morgan fingerprint density at radius 1 is 1.11 bits per heavy atom. The van der Waals surface area contributed by atoms with E-state index in [0.29, 0.717) is 40.9 Å². The molecular formula is C22H23NO5. The Hall–Kier alpha value is -3.28. The van der Waals surface area contributed by atoms with Crippen molar-refractivity contribution >= 4 is 23.3 Å². The minimum atomic E-state index is -0.659. The molecule has 0 amide bonds. The van der Waals surface area contributed by atoms with Gasteiger partial charge in [0.05, 0.1) is 12.6 Å². The zero-order valence-corrected chi connectivity index (χ0v) is 16.4. The first-order valence-electron chi connectivity index (χ1n) is 8.90. The number of methoxy groups -OCH3 is 1. The number of ether oxygens (including phenoxy) is 3. The smallest absolute Gasteiger partial charge is 0.419 e. The predicted molar refractivity (Wildman–Crippen MR) is 106 cm³/mol. The first-order valence-corrected chi connectivity index (χ1v) is 8.90. The summed E-state index contributed by atoms with van der Waals surface area (Å²) in [6.45, 7) is 5.70. The van der Waals surface area contributed by atoms with Crippen molar-refractivity contribution in [1.29, 1.82) is 0 Å². The Balaban J connectivity index is 2.03. The Morgan fingerprint density at radius 2 is 1.82 bits per heavy atom. The van der Waals surface area contributed by atoms with Crippen molar-refractivity contribution in [3.8, 4) is 11.5 Å². The first kappa shape index (κ1) is 19.5. The van der Waals surface area contributed by atoms with E-state index >= 15 is 0 Å². The van der Waals surface area contributed by atoms with Gasteiger partial charge in [-0.2, -0.15) is 0 Å². The van der Waals surface area contributed by atoms with E-state index in [4.69, 9.17) is 14.2 Å². The van der Waals surface area contributed by atoms with Crippen LogP contribution in [0.15, 0.2) is 48.7 Å². The maximum absolute atomic E-state index is 12.6.